The van der Waals surface area contributed by atoms with Gasteiger partial charge in [0.2, 0.25) is 10.0 Å². The summed E-state index contributed by atoms with van der Waals surface area (Å²) in [5.41, 5.74) is 1.53. The van der Waals surface area contributed by atoms with Crippen molar-refractivity contribution in [3.63, 3.8) is 0 Å². The first-order chi connectivity index (χ1) is 12.2. The van der Waals surface area contributed by atoms with Gasteiger partial charge in [0.1, 0.15) is 5.75 Å². The van der Waals surface area contributed by atoms with Gasteiger partial charge in [-0.25, -0.2) is 13.1 Å². The van der Waals surface area contributed by atoms with Crippen LogP contribution in [0, 0.1) is 25.7 Å². The maximum Gasteiger partial charge on any atom is 0.240 e. The molecule has 5 nitrogen and oxygen atoms in total. The van der Waals surface area contributed by atoms with Gasteiger partial charge in [0.15, 0.2) is 0 Å². The monoisotopic (exact) mass is 382 g/mol. The van der Waals surface area contributed by atoms with Crippen LogP contribution in [-0.2, 0) is 10.0 Å². The van der Waals surface area contributed by atoms with E-state index in [-0.39, 0.29) is 0 Å². The standard InChI is InChI=1S/C20H34N2O3S/c1-15-10-16(2)14-22(13-15)9-7-6-8-21-26(23,24)20-12-17(3)19(25-5)11-18(20)4/h11-12,15-16,21H,6-10,13-14H2,1-5H3. The minimum absolute atomic E-state index is 0.342. The number of rotatable bonds is 8. The lowest BCUT2D eigenvalue weighted by Crippen LogP contribution is -2.39. The van der Waals surface area contributed by atoms with Gasteiger partial charge < -0.3 is 9.64 Å². The van der Waals surface area contributed by atoms with Crippen LogP contribution in [0.5, 0.6) is 5.75 Å². The Bertz CT molecular complexity index is 693. The van der Waals surface area contributed by atoms with Crippen LogP contribution in [0.3, 0.4) is 0 Å². The minimum atomic E-state index is -3.48. The number of likely N-dealkylation sites (tertiary alicyclic amines) is 1. The fraction of sp³-hybridized carbons (Fsp3) is 0.700. The predicted octanol–water partition coefficient (Wildman–Crippen LogP) is 3.35. The number of nitrogens with one attached hydrogen (secondary N) is 1. The van der Waals surface area contributed by atoms with Crippen molar-refractivity contribution in [3.05, 3.63) is 23.3 Å². The summed E-state index contributed by atoms with van der Waals surface area (Å²) in [6.07, 6.45) is 3.19. The van der Waals surface area contributed by atoms with Crippen LogP contribution in [0.4, 0.5) is 0 Å². The van der Waals surface area contributed by atoms with Gasteiger partial charge in [0.25, 0.3) is 0 Å². The van der Waals surface area contributed by atoms with Gasteiger partial charge in [0, 0.05) is 19.6 Å². The third kappa shape index (κ3) is 5.69. The highest BCUT2D eigenvalue weighted by molar-refractivity contribution is 7.89. The number of benzene rings is 1. The average molecular weight is 383 g/mol. The molecule has 1 N–H and O–H groups in total. The molecule has 2 rings (SSSR count). The molecule has 26 heavy (non-hydrogen) atoms. The molecular formula is C20H34N2O3S. The summed E-state index contributed by atoms with van der Waals surface area (Å²) in [4.78, 5) is 2.86. The smallest absolute Gasteiger partial charge is 0.240 e. The highest BCUT2D eigenvalue weighted by atomic mass is 32.2. The van der Waals surface area contributed by atoms with Crippen molar-refractivity contribution in [1.29, 1.82) is 0 Å². The third-order valence-electron chi connectivity index (χ3n) is 5.12. The highest BCUT2D eigenvalue weighted by Crippen LogP contribution is 2.25. The van der Waals surface area contributed by atoms with E-state index in [2.05, 4.69) is 23.5 Å². The molecule has 0 amide bonds. The number of piperidine rings is 1. The number of ether oxygens (including phenoxy) is 1. The molecule has 1 heterocycles. The van der Waals surface area contributed by atoms with Gasteiger partial charge in [-0.2, -0.15) is 0 Å². The van der Waals surface area contributed by atoms with Crippen molar-refractivity contribution >= 4 is 10.0 Å². The largest absolute Gasteiger partial charge is 0.496 e. The molecule has 2 unspecified atom stereocenters. The average Bonchev–Trinajstić information content (AvgIpc) is 2.55. The maximum absolute atomic E-state index is 12.6. The summed E-state index contributed by atoms with van der Waals surface area (Å²) < 4.78 is 33.2. The van der Waals surface area contributed by atoms with Crippen molar-refractivity contribution in [3.8, 4) is 5.75 Å². The van der Waals surface area contributed by atoms with Gasteiger partial charge in [-0.15, -0.1) is 0 Å². The van der Waals surface area contributed by atoms with Gasteiger partial charge in [-0.1, -0.05) is 13.8 Å². The third-order valence-corrected chi connectivity index (χ3v) is 6.72. The molecule has 0 bridgehead atoms. The molecule has 2 atom stereocenters. The summed E-state index contributed by atoms with van der Waals surface area (Å²) in [6.45, 7) is 12.2. The van der Waals surface area contributed by atoms with E-state index in [9.17, 15) is 8.42 Å². The molecule has 0 radical (unpaired) electrons. The van der Waals surface area contributed by atoms with Crippen molar-refractivity contribution in [2.45, 2.75) is 51.9 Å². The lowest BCUT2D eigenvalue weighted by molar-refractivity contribution is 0.139. The zero-order chi connectivity index (χ0) is 19.3. The Balaban J connectivity index is 1.82. The van der Waals surface area contributed by atoms with Crippen LogP contribution in [0.15, 0.2) is 17.0 Å². The number of nitrogens with zero attached hydrogens (tertiary/aromatic N) is 1. The second kappa shape index (κ2) is 9.20. The first kappa shape index (κ1) is 21.2. The molecule has 1 saturated heterocycles. The van der Waals surface area contributed by atoms with Crippen LogP contribution < -0.4 is 9.46 Å². The van der Waals surface area contributed by atoms with E-state index >= 15 is 0 Å². The maximum atomic E-state index is 12.6. The fourth-order valence-corrected chi connectivity index (χ4v) is 5.38. The van der Waals surface area contributed by atoms with Gasteiger partial charge in [-0.05, 0) is 74.8 Å². The first-order valence-corrected chi connectivity index (χ1v) is 11.1. The van der Waals surface area contributed by atoms with E-state index in [4.69, 9.17) is 4.74 Å². The molecule has 1 aromatic rings. The Morgan fingerprint density at radius 1 is 1.12 bits per heavy atom. The van der Waals surface area contributed by atoms with Crippen LogP contribution in [-0.4, -0.2) is 46.6 Å². The second-order valence-corrected chi connectivity index (χ2v) is 9.63. The molecule has 1 aliphatic heterocycles. The van der Waals surface area contributed by atoms with Crippen LogP contribution in [0.25, 0.3) is 0 Å². The Kier molecular flexibility index (Phi) is 7.50. The summed E-state index contributed by atoms with van der Waals surface area (Å²) >= 11 is 0. The Morgan fingerprint density at radius 2 is 1.77 bits per heavy atom. The number of aryl methyl sites for hydroxylation is 2. The van der Waals surface area contributed by atoms with E-state index in [0.29, 0.717) is 22.8 Å². The zero-order valence-corrected chi connectivity index (χ0v) is 17.7. The number of hydrogen-bond donors (Lipinski definition) is 1. The summed E-state index contributed by atoms with van der Waals surface area (Å²) in [5.74, 6) is 2.24. The number of methoxy groups -OCH3 is 1. The Hall–Kier alpha value is -1.11. The van der Waals surface area contributed by atoms with Gasteiger partial charge in [-0.3, -0.25) is 0 Å². The van der Waals surface area contributed by atoms with Crippen LogP contribution in [0.1, 0.15) is 44.2 Å². The van der Waals surface area contributed by atoms with E-state index in [0.717, 1.165) is 36.8 Å². The molecule has 1 aromatic carbocycles. The lowest BCUT2D eigenvalue weighted by atomic mass is 9.92. The predicted molar refractivity (Wildman–Crippen MR) is 106 cm³/mol. The fourth-order valence-electron chi connectivity index (χ4n) is 3.99. The van der Waals surface area contributed by atoms with E-state index in [1.807, 2.05) is 6.92 Å². The molecule has 148 valence electrons. The van der Waals surface area contributed by atoms with Crippen molar-refractivity contribution < 1.29 is 13.2 Å². The minimum Gasteiger partial charge on any atom is -0.496 e. The molecule has 0 spiro atoms. The topological polar surface area (TPSA) is 58.6 Å². The first-order valence-electron chi connectivity index (χ1n) is 9.60. The van der Waals surface area contributed by atoms with Gasteiger partial charge >= 0.3 is 0 Å². The van der Waals surface area contributed by atoms with Crippen molar-refractivity contribution in [2.75, 3.05) is 33.3 Å². The molecule has 0 aromatic heterocycles. The Morgan fingerprint density at radius 3 is 2.38 bits per heavy atom. The number of sulfonamides is 1. The van der Waals surface area contributed by atoms with Crippen molar-refractivity contribution in [2.24, 2.45) is 11.8 Å². The summed E-state index contributed by atoms with van der Waals surface area (Å²) in [5, 5.41) is 0. The lowest BCUT2D eigenvalue weighted by Gasteiger charge is -2.34. The van der Waals surface area contributed by atoms with E-state index < -0.39 is 10.0 Å². The highest BCUT2D eigenvalue weighted by Gasteiger charge is 2.21. The normalized spacial score (nSPS) is 21.7. The molecule has 6 heteroatoms. The molecule has 1 fully saturated rings. The Labute approximate surface area is 159 Å². The molecule has 1 aliphatic rings. The molecular weight excluding hydrogens is 348 g/mol. The molecule has 0 aliphatic carbocycles. The SMILES string of the molecule is COc1cc(C)c(S(=O)(=O)NCCCCN2CC(C)CC(C)C2)cc1C. The quantitative estimate of drug-likeness (QED) is 0.701. The zero-order valence-electron chi connectivity index (χ0n) is 16.8. The number of hydrogen-bond acceptors (Lipinski definition) is 4. The summed E-state index contributed by atoms with van der Waals surface area (Å²) in [7, 11) is -1.89. The van der Waals surface area contributed by atoms with Crippen LogP contribution in [0.2, 0.25) is 0 Å². The summed E-state index contributed by atoms with van der Waals surface area (Å²) in [6, 6.07) is 3.47. The van der Waals surface area contributed by atoms with E-state index in [1.165, 1.54) is 19.5 Å². The van der Waals surface area contributed by atoms with Gasteiger partial charge in [0.05, 0.1) is 12.0 Å². The molecule has 0 saturated carbocycles. The second-order valence-electron chi connectivity index (χ2n) is 7.90. The van der Waals surface area contributed by atoms with Crippen LogP contribution >= 0.6 is 0 Å². The van der Waals surface area contributed by atoms with Crippen molar-refractivity contribution in [1.82, 2.24) is 9.62 Å². The number of unbranched alkanes of at least 4 members (excludes halogenated alkanes) is 1. The van der Waals surface area contributed by atoms with E-state index in [1.54, 1.807) is 26.2 Å².